The van der Waals surface area contributed by atoms with Gasteiger partial charge >= 0.3 is 5.69 Å². The van der Waals surface area contributed by atoms with Crippen LogP contribution < -0.4 is 16.6 Å². The third-order valence-electron chi connectivity index (χ3n) is 5.28. The van der Waals surface area contributed by atoms with E-state index in [9.17, 15) is 18.8 Å². The maximum absolute atomic E-state index is 14.2. The molecule has 0 radical (unpaired) electrons. The molecule has 0 fully saturated rings. The van der Waals surface area contributed by atoms with Crippen LogP contribution in [0.1, 0.15) is 54.8 Å². The molecule has 1 amide bonds. The standard InChI is InChI=1S/C23H25FN4O3/c1-5-15(3)25-21(29)20-22(30)27(16(4)17-9-7-6-8-10-17)23(31)28(26-20)18-12-11-14(2)19(24)13-18/h6-13,15-16H,5H2,1-4H3,(H,25,29)/t15-,16+/m1/s1. The summed E-state index contributed by atoms with van der Waals surface area (Å²) in [5.74, 6) is -1.21. The summed E-state index contributed by atoms with van der Waals surface area (Å²) < 4.78 is 16.1. The molecule has 3 rings (SSSR count). The summed E-state index contributed by atoms with van der Waals surface area (Å²) in [7, 11) is 0. The number of hydrogen-bond donors (Lipinski definition) is 1. The van der Waals surface area contributed by atoms with E-state index in [1.54, 1.807) is 45.0 Å². The van der Waals surface area contributed by atoms with Crippen LogP contribution in [0.3, 0.4) is 0 Å². The van der Waals surface area contributed by atoms with Gasteiger partial charge in [0.05, 0.1) is 11.7 Å². The minimum atomic E-state index is -0.800. The van der Waals surface area contributed by atoms with Crippen LogP contribution in [0.5, 0.6) is 0 Å². The molecule has 2 aromatic carbocycles. The van der Waals surface area contributed by atoms with E-state index in [0.29, 0.717) is 17.5 Å². The second-order valence-corrected chi connectivity index (χ2v) is 7.52. The Kier molecular flexibility index (Phi) is 6.48. The van der Waals surface area contributed by atoms with Crippen LogP contribution in [0.15, 0.2) is 58.1 Å². The second kappa shape index (κ2) is 9.07. The predicted molar refractivity (Wildman–Crippen MR) is 116 cm³/mol. The van der Waals surface area contributed by atoms with Gasteiger partial charge in [0.25, 0.3) is 11.5 Å². The van der Waals surface area contributed by atoms with Crippen LogP contribution >= 0.6 is 0 Å². The molecule has 0 saturated heterocycles. The van der Waals surface area contributed by atoms with Crippen molar-refractivity contribution in [3.63, 3.8) is 0 Å². The quantitative estimate of drug-likeness (QED) is 0.659. The van der Waals surface area contributed by atoms with E-state index in [-0.39, 0.29) is 11.7 Å². The Morgan fingerprint density at radius 1 is 1.13 bits per heavy atom. The number of halogens is 1. The highest BCUT2D eigenvalue weighted by Gasteiger charge is 2.24. The molecular weight excluding hydrogens is 399 g/mol. The van der Waals surface area contributed by atoms with Crippen molar-refractivity contribution in [2.24, 2.45) is 0 Å². The van der Waals surface area contributed by atoms with Crippen LogP contribution in [-0.4, -0.2) is 26.3 Å². The monoisotopic (exact) mass is 424 g/mol. The molecule has 0 unspecified atom stereocenters. The number of aromatic nitrogens is 3. The first-order valence-corrected chi connectivity index (χ1v) is 10.1. The lowest BCUT2D eigenvalue weighted by Gasteiger charge is -2.18. The third kappa shape index (κ3) is 4.47. The van der Waals surface area contributed by atoms with Crippen molar-refractivity contribution in [2.45, 2.75) is 46.2 Å². The molecule has 1 N–H and O–H groups in total. The van der Waals surface area contributed by atoms with Gasteiger partial charge in [0, 0.05) is 12.1 Å². The number of nitrogens with zero attached hydrogens (tertiary/aromatic N) is 3. The van der Waals surface area contributed by atoms with Gasteiger partial charge in [-0.1, -0.05) is 43.3 Å². The Balaban J connectivity index is 2.27. The van der Waals surface area contributed by atoms with Gasteiger partial charge < -0.3 is 5.32 Å². The van der Waals surface area contributed by atoms with Gasteiger partial charge in [-0.2, -0.15) is 9.78 Å². The first-order valence-electron chi connectivity index (χ1n) is 10.1. The van der Waals surface area contributed by atoms with E-state index < -0.39 is 34.7 Å². The summed E-state index contributed by atoms with van der Waals surface area (Å²) in [5, 5.41) is 6.74. The molecular formula is C23H25FN4O3. The highest BCUT2D eigenvalue weighted by atomic mass is 19.1. The lowest BCUT2D eigenvalue weighted by molar-refractivity contribution is 0.0929. The molecule has 8 heteroatoms. The lowest BCUT2D eigenvalue weighted by Crippen LogP contribution is -2.48. The summed E-state index contributed by atoms with van der Waals surface area (Å²) in [6.45, 7) is 6.98. The van der Waals surface area contributed by atoms with Crippen molar-refractivity contribution in [3.05, 3.63) is 92.0 Å². The zero-order valence-electron chi connectivity index (χ0n) is 17.9. The number of nitrogens with one attached hydrogen (secondary N) is 1. The third-order valence-corrected chi connectivity index (χ3v) is 5.28. The summed E-state index contributed by atoms with van der Waals surface area (Å²) >= 11 is 0. The largest absolute Gasteiger partial charge is 0.352 e. The van der Waals surface area contributed by atoms with E-state index in [1.165, 1.54) is 12.1 Å². The molecule has 3 aromatic rings. The summed E-state index contributed by atoms with van der Waals surface area (Å²) in [6, 6.07) is 12.3. The van der Waals surface area contributed by atoms with Gasteiger partial charge in [0.1, 0.15) is 5.82 Å². The van der Waals surface area contributed by atoms with E-state index in [1.807, 2.05) is 13.0 Å². The fourth-order valence-corrected chi connectivity index (χ4v) is 3.13. The summed E-state index contributed by atoms with van der Waals surface area (Å²) in [5.41, 5.74) is -0.751. The average Bonchev–Trinajstić information content (AvgIpc) is 2.76. The number of hydrogen-bond acceptors (Lipinski definition) is 4. The molecule has 0 bridgehead atoms. The van der Waals surface area contributed by atoms with E-state index >= 15 is 0 Å². The van der Waals surface area contributed by atoms with Crippen LogP contribution in [0.2, 0.25) is 0 Å². The number of carbonyl (C=O) groups is 1. The number of aryl methyl sites for hydroxylation is 1. The van der Waals surface area contributed by atoms with Crippen LogP contribution in [0.25, 0.3) is 5.69 Å². The maximum atomic E-state index is 14.2. The Morgan fingerprint density at radius 3 is 2.42 bits per heavy atom. The van der Waals surface area contributed by atoms with Crippen LogP contribution in [0.4, 0.5) is 4.39 Å². The molecule has 0 saturated carbocycles. The molecule has 162 valence electrons. The molecule has 0 aliphatic carbocycles. The van der Waals surface area contributed by atoms with Gasteiger partial charge in [-0.05, 0) is 44.4 Å². The van der Waals surface area contributed by atoms with E-state index in [0.717, 1.165) is 15.3 Å². The second-order valence-electron chi connectivity index (χ2n) is 7.52. The molecule has 0 aliphatic heterocycles. The van der Waals surface area contributed by atoms with Gasteiger partial charge in [-0.25, -0.2) is 13.8 Å². The minimum absolute atomic E-state index is 0.125. The predicted octanol–water partition coefficient (Wildman–Crippen LogP) is 2.98. The minimum Gasteiger partial charge on any atom is -0.348 e. The Labute approximate surface area is 179 Å². The normalized spacial score (nSPS) is 12.9. The fourth-order valence-electron chi connectivity index (χ4n) is 3.13. The van der Waals surface area contributed by atoms with Gasteiger partial charge in [-0.3, -0.25) is 9.59 Å². The zero-order valence-corrected chi connectivity index (χ0v) is 17.9. The van der Waals surface area contributed by atoms with Crippen LogP contribution in [-0.2, 0) is 0 Å². The first-order chi connectivity index (χ1) is 14.7. The molecule has 31 heavy (non-hydrogen) atoms. The van der Waals surface area contributed by atoms with Gasteiger partial charge in [0.2, 0.25) is 5.69 Å². The summed E-state index contributed by atoms with van der Waals surface area (Å²) in [6.07, 6.45) is 0.656. The van der Waals surface area contributed by atoms with Crippen molar-refractivity contribution in [3.8, 4) is 5.69 Å². The first kappa shape index (κ1) is 22.1. The zero-order chi connectivity index (χ0) is 22.7. The number of carbonyl (C=O) groups excluding carboxylic acids is 1. The number of rotatable bonds is 6. The number of amides is 1. The highest BCUT2D eigenvalue weighted by molar-refractivity contribution is 5.92. The molecule has 2 atom stereocenters. The number of benzene rings is 2. The van der Waals surface area contributed by atoms with Gasteiger partial charge in [0.15, 0.2) is 0 Å². The summed E-state index contributed by atoms with van der Waals surface area (Å²) in [4.78, 5) is 39.2. The lowest BCUT2D eigenvalue weighted by atomic mass is 10.1. The molecule has 1 aromatic heterocycles. The van der Waals surface area contributed by atoms with Crippen molar-refractivity contribution in [1.82, 2.24) is 19.7 Å². The van der Waals surface area contributed by atoms with Crippen molar-refractivity contribution >= 4 is 5.91 Å². The average molecular weight is 424 g/mol. The topological polar surface area (TPSA) is 86.0 Å². The highest BCUT2D eigenvalue weighted by Crippen LogP contribution is 2.15. The Bertz CT molecular complexity index is 1220. The van der Waals surface area contributed by atoms with Crippen molar-refractivity contribution in [1.29, 1.82) is 0 Å². The molecule has 0 spiro atoms. The smallest absolute Gasteiger partial charge is 0.348 e. The van der Waals surface area contributed by atoms with E-state index in [2.05, 4.69) is 10.4 Å². The fraction of sp³-hybridized carbons (Fsp3) is 0.304. The van der Waals surface area contributed by atoms with E-state index in [4.69, 9.17) is 0 Å². The van der Waals surface area contributed by atoms with Crippen molar-refractivity contribution < 1.29 is 9.18 Å². The van der Waals surface area contributed by atoms with Crippen molar-refractivity contribution in [2.75, 3.05) is 0 Å². The molecule has 0 aliphatic rings. The Morgan fingerprint density at radius 2 is 1.81 bits per heavy atom. The van der Waals surface area contributed by atoms with Crippen LogP contribution in [0, 0.1) is 12.7 Å². The molecule has 1 heterocycles. The SMILES string of the molecule is CC[C@@H](C)NC(=O)c1nn(-c2ccc(C)c(F)c2)c(=O)n([C@@H](C)c2ccccc2)c1=O. The van der Waals surface area contributed by atoms with Gasteiger partial charge in [-0.15, -0.1) is 0 Å². The maximum Gasteiger partial charge on any atom is 0.352 e. The Hall–Kier alpha value is -3.55. The molecule has 7 nitrogen and oxygen atoms in total.